The Hall–Kier alpha value is -2.53. The van der Waals surface area contributed by atoms with E-state index in [-0.39, 0.29) is 58.4 Å². The van der Waals surface area contributed by atoms with Gasteiger partial charge in [-0.3, -0.25) is 18.9 Å². The van der Waals surface area contributed by atoms with Crippen LogP contribution in [-0.4, -0.2) is 25.4 Å². The topological polar surface area (TPSA) is 93.8 Å². The van der Waals surface area contributed by atoms with Crippen molar-refractivity contribution in [3.05, 3.63) is 122 Å². The maximum absolute atomic E-state index is 13.7. The Morgan fingerprint density at radius 2 is 1.61 bits per heavy atom. The van der Waals surface area contributed by atoms with Crippen LogP contribution in [0.2, 0.25) is 0 Å². The maximum Gasteiger partial charge on any atom is 1.00 e. The predicted molar refractivity (Wildman–Crippen MR) is 147 cm³/mol. The van der Waals surface area contributed by atoms with Gasteiger partial charge in [-0.2, -0.15) is 0 Å². The van der Waals surface area contributed by atoms with Gasteiger partial charge in [0.15, 0.2) is 11.0 Å². The van der Waals surface area contributed by atoms with Crippen molar-refractivity contribution >= 4 is 11.8 Å². The first-order valence-corrected chi connectivity index (χ1v) is 13.0. The zero-order valence-corrected chi connectivity index (χ0v) is 25.5. The fraction of sp³-hybridized carbons (Fsp3) is 0.172. The maximum atomic E-state index is 13.7. The van der Waals surface area contributed by atoms with Crippen molar-refractivity contribution < 1.29 is 57.3 Å². The standard InChI is InChI=1S/C29H26N4O3S.K.H/c1-3-37-28-30-19(2)25(17-20-9-5-4-6-10-20)27(34)33(28)18-21-13-15-22(16-14-21)23-11-7-8-12-24(23)26-31-29(35)36-32-26;;/h4-16H,3,17-18H2,1-2H3,(H,31,32,35);;/q;+1;-1. The van der Waals surface area contributed by atoms with Crippen LogP contribution in [0, 0.1) is 6.92 Å². The number of H-pyrrole nitrogens is 1. The molecule has 0 saturated carbocycles. The monoisotopic (exact) mass is 550 g/mol. The van der Waals surface area contributed by atoms with E-state index in [0.717, 1.165) is 50.0 Å². The Morgan fingerprint density at radius 1 is 0.921 bits per heavy atom. The summed E-state index contributed by atoms with van der Waals surface area (Å²) in [5.74, 6) is 0.614. The van der Waals surface area contributed by atoms with Crippen molar-refractivity contribution in [3.63, 3.8) is 0 Å². The van der Waals surface area contributed by atoms with Crippen LogP contribution in [0.3, 0.4) is 0 Å². The molecule has 0 saturated heterocycles. The molecule has 0 aliphatic heterocycles. The first-order valence-electron chi connectivity index (χ1n) is 12.0. The molecule has 0 aliphatic carbocycles. The van der Waals surface area contributed by atoms with Crippen LogP contribution in [0.25, 0.3) is 22.5 Å². The second-order valence-electron chi connectivity index (χ2n) is 8.63. The molecule has 0 spiro atoms. The summed E-state index contributed by atoms with van der Waals surface area (Å²) in [5, 5.41) is 4.57. The minimum Gasteiger partial charge on any atom is -1.00 e. The molecule has 188 valence electrons. The van der Waals surface area contributed by atoms with Crippen LogP contribution in [-0.2, 0) is 13.0 Å². The number of aromatic nitrogens is 4. The molecule has 0 atom stereocenters. The molecule has 9 heteroatoms. The number of rotatable bonds is 8. The van der Waals surface area contributed by atoms with E-state index in [1.54, 1.807) is 16.3 Å². The number of nitrogens with zero attached hydrogens (tertiary/aromatic N) is 3. The summed E-state index contributed by atoms with van der Waals surface area (Å²) in [7, 11) is 0. The van der Waals surface area contributed by atoms with E-state index in [9.17, 15) is 9.59 Å². The molecule has 0 amide bonds. The van der Waals surface area contributed by atoms with Gasteiger partial charge in [-0.05, 0) is 34.9 Å². The van der Waals surface area contributed by atoms with Gasteiger partial charge < -0.3 is 1.43 Å². The molecule has 5 rings (SSSR count). The van der Waals surface area contributed by atoms with Gasteiger partial charge in [0.1, 0.15) is 0 Å². The van der Waals surface area contributed by atoms with Crippen molar-refractivity contribution in [1.82, 2.24) is 19.7 Å². The zero-order chi connectivity index (χ0) is 25.8. The number of aryl methyl sites for hydroxylation is 1. The third kappa shape index (κ3) is 6.36. The summed E-state index contributed by atoms with van der Waals surface area (Å²) in [4.78, 5) is 32.5. The smallest absolute Gasteiger partial charge is 1.00 e. The molecular weight excluding hydrogens is 524 g/mol. The summed E-state index contributed by atoms with van der Waals surface area (Å²) < 4.78 is 6.47. The normalized spacial score (nSPS) is 10.8. The van der Waals surface area contributed by atoms with Crippen molar-refractivity contribution in [1.29, 1.82) is 0 Å². The van der Waals surface area contributed by atoms with E-state index >= 15 is 0 Å². The quantitative estimate of drug-likeness (QED) is 0.181. The van der Waals surface area contributed by atoms with Crippen molar-refractivity contribution in [2.75, 3.05) is 5.75 Å². The molecule has 1 N–H and O–H groups in total. The molecule has 0 unspecified atom stereocenters. The number of hydrogen-bond donors (Lipinski definition) is 1. The number of benzene rings is 3. The first kappa shape index (κ1) is 28.5. The Balaban J connectivity index is 0.00000210. The van der Waals surface area contributed by atoms with E-state index in [1.807, 2.05) is 85.8 Å². The van der Waals surface area contributed by atoms with Gasteiger partial charge in [0.25, 0.3) is 5.56 Å². The van der Waals surface area contributed by atoms with Crippen LogP contribution in [0.15, 0.2) is 98.1 Å². The second-order valence-corrected chi connectivity index (χ2v) is 9.86. The van der Waals surface area contributed by atoms with Crippen LogP contribution < -0.4 is 62.7 Å². The van der Waals surface area contributed by atoms with Gasteiger partial charge in [-0.1, -0.05) is 103 Å². The van der Waals surface area contributed by atoms with E-state index in [4.69, 9.17) is 9.51 Å². The summed E-state index contributed by atoms with van der Waals surface area (Å²) in [6, 6.07) is 25.7. The van der Waals surface area contributed by atoms with Crippen molar-refractivity contribution in [2.45, 2.75) is 32.0 Å². The van der Waals surface area contributed by atoms with E-state index in [0.29, 0.717) is 18.8 Å². The third-order valence-electron chi connectivity index (χ3n) is 6.16. The molecule has 0 bridgehead atoms. The van der Waals surface area contributed by atoms with Crippen LogP contribution in [0.5, 0.6) is 0 Å². The molecule has 5 aromatic rings. The Kier molecular flexibility index (Phi) is 9.75. The summed E-state index contributed by atoms with van der Waals surface area (Å²) in [5.41, 5.74) is 6.23. The summed E-state index contributed by atoms with van der Waals surface area (Å²) in [6.07, 6.45) is 0.551. The fourth-order valence-corrected chi connectivity index (χ4v) is 5.08. The number of nitrogens with one attached hydrogen (secondary N) is 1. The van der Waals surface area contributed by atoms with Gasteiger partial charge in [0.05, 0.1) is 6.54 Å². The Morgan fingerprint density at radius 3 is 2.26 bits per heavy atom. The largest absolute Gasteiger partial charge is 1.00 e. The molecule has 38 heavy (non-hydrogen) atoms. The van der Waals surface area contributed by atoms with Gasteiger partial charge in [0, 0.05) is 23.2 Å². The molecule has 0 radical (unpaired) electrons. The van der Waals surface area contributed by atoms with Crippen LogP contribution in [0.4, 0.5) is 0 Å². The van der Waals surface area contributed by atoms with E-state index < -0.39 is 5.76 Å². The minimum absolute atomic E-state index is 0. The molecule has 2 heterocycles. The third-order valence-corrected chi connectivity index (χ3v) is 7.02. The van der Waals surface area contributed by atoms with Crippen LogP contribution >= 0.6 is 11.8 Å². The van der Waals surface area contributed by atoms with Gasteiger partial charge >= 0.3 is 57.1 Å². The average Bonchev–Trinajstić information content (AvgIpc) is 3.36. The molecular formula is C29H27KN4O3S. The second kappa shape index (κ2) is 13.0. The fourth-order valence-electron chi connectivity index (χ4n) is 4.32. The van der Waals surface area contributed by atoms with Crippen molar-refractivity contribution in [2.24, 2.45) is 0 Å². The zero-order valence-electron chi connectivity index (χ0n) is 22.6. The predicted octanol–water partition coefficient (Wildman–Crippen LogP) is 2.43. The van der Waals surface area contributed by atoms with Gasteiger partial charge in [-0.25, -0.2) is 9.78 Å². The van der Waals surface area contributed by atoms with E-state index in [1.165, 1.54) is 0 Å². The van der Waals surface area contributed by atoms with Gasteiger partial charge in [-0.15, -0.1) is 0 Å². The Bertz CT molecular complexity index is 1650. The number of aromatic amines is 1. The summed E-state index contributed by atoms with van der Waals surface area (Å²) >= 11 is 1.57. The van der Waals surface area contributed by atoms with Crippen LogP contribution in [0.1, 0.15) is 30.7 Å². The number of thioether (sulfide) groups is 1. The molecule has 2 aromatic heterocycles. The molecule has 0 fully saturated rings. The first-order chi connectivity index (χ1) is 18.0. The molecule has 7 nitrogen and oxygen atoms in total. The molecule has 0 aliphatic rings. The van der Waals surface area contributed by atoms with Crippen molar-refractivity contribution in [3.8, 4) is 22.5 Å². The summed E-state index contributed by atoms with van der Waals surface area (Å²) in [6.45, 7) is 4.40. The molecule has 3 aromatic carbocycles. The average molecular weight is 551 g/mol. The van der Waals surface area contributed by atoms with E-state index in [2.05, 4.69) is 17.1 Å². The SMILES string of the molecule is CCSc1nc(C)c(Cc2ccccc2)c(=O)n1Cc1ccc(-c2ccccc2-c2noc(=O)[nH]2)cc1.[H-].[K+]. The number of hydrogen-bond acceptors (Lipinski definition) is 6. The Labute approximate surface area is 268 Å². The minimum atomic E-state index is -0.593. The van der Waals surface area contributed by atoms with Gasteiger partial charge in [0.2, 0.25) is 0 Å².